The van der Waals surface area contributed by atoms with Gasteiger partial charge in [-0.2, -0.15) is 0 Å². The van der Waals surface area contributed by atoms with E-state index in [-0.39, 0.29) is 12.2 Å². The van der Waals surface area contributed by atoms with Crippen molar-refractivity contribution in [1.29, 1.82) is 0 Å². The smallest absolute Gasteiger partial charge is 0.137 e. The summed E-state index contributed by atoms with van der Waals surface area (Å²) in [5, 5.41) is 12.5. The molecule has 0 fully saturated rings. The molecule has 1 aliphatic carbocycles. The molecular weight excluding hydrogens is 683 g/mol. The molecule has 3 heterocycles. The summed E-state index contributed by atoms with van der Waals surface area (Å²) in [7, 11) is 0. The summed E-state index contributed by atoms with van der Waals surface area (Å²) in [6.07, 6.45) is 12.1. The average molecular weight is 722 g/mol. The van der Waals surface area contributed by atoms with Gasteiger partial charge in [-0.15, -0.1) is 0 Å². The predicted molar refractivity (Wildman–Crippen MR) is 232 cm³/mol. The van der Waals surface area contributed by atoms with Crippen LogP contribution in [0.25, 0.3) is 66.3 Å². The van der Waals surface area contributed by atoms with Crippen molar-refractivity contribution in [3.05, 3.63) is 216 Å². The zero-order chi connectivity index (χ0) is 37.0. The standard InChI is InChI=1S/C52H39N3O/c1-5-14-34(15-6-1)38-24-28-47-43(30-38)44-31-39(35-16-7-2-8-17-35)25-29-48(44)55(47)40-26-27-41-50(32-40)56-49-23-13-22-42(51(41)49)52-53-45(36-18-9-3-10-19-36)33-46(54-52)37-20-11-4-12-21-37/h1-16,18-33,35,45,52-54H,17H2. The molecule has 7 aromatic carbocycles. The van der Waals surface area contributed by atoms with Crippen molar-refractivity contribution in [2.45, 2.75) is 24.5 Å². The lowest BCUT2D eigenvalue weighted by Gasteiger charge is -2.33. The molecule has 2 N–H and O–H groups in total. The van der Waals surface area contributed by atoms with Crippen LogP contribution in [0.3, 0.4) is 0 Å². The zero-order valence-electron chi connectivity index (χ0n) is 30.8. The molecule has 0 saturated carbocycles. The first kappa shape index (κ1) is 32.5. The molecule has 0 amide bonds. The summed E-state index contributed by atoms with van der Waals surface area (Å²) in [6, 6.07) is 59.0. The first-order chi connectivity index (χ1) is 27.7. The van der Waals surface area contributed by atoms with Gasteiger partial charge in [-0.25, -0.2) is 0 Å². The fourth-order valence-corrected chi connectivity index (χ4v) is 8.87. The van der Waals surface area contributed by atoms with Gasteiger partial charge >= 0.3 is 0 Å². The van der Waals surface area contributed by atoms with Crippen LogP contribution < -0.4 is 10.6 Å². The molecule has 0 saturated heterocycles. The van der Waals surface area contributed by atoms with E-state index in [0.29, 0.717) is 5.92 Å². The second-order valence-corrected chi connectivity index (χ2v) is 14.9. The van der Waals surface area contributed by atoms with Crippen LogP contribution in [0.4, 0.5) is 0 Å². The third kappa shape index (κ3) is 5.57. The Kier molecular flexibility index (Phi) is 7.82. The van der Waals surface area contributed by atoms with E-state index in [1.54, 1.807) is 0 Å². The number of aromatic nitrogens is 1. The van der Waals surface area contributed by atoms with E-state index in [0.717, 1.165) is 50.9 Å². The zero-order valence-corrected chi connectivity index (χ0v) is 30.8. The van der Waals surface area contributed by atoms with Gasteiger partial charge in [0.25, 0.3) is 0 Å². The molecule has 3 atom stereocenters. The minimum Gasteiger partial charge on any atom is -0.456 e. The average Bonchev–Trinajstić information content (AvgIpc) is 3.82. The normalized spacial score (nSPS) is 18.1. The van der Waals surface area contributed by atoms with Gasteiger partial charge < -0.3 is 14.3 Å². The number of nitrogens with zero attached hydrogens (tertiary/aromatic N) is 1. The number of hydrogen-bond donors (Lipinski definition) is 2. The van der Waals surface area contributed by atoms with Crippen molar-refractivity contribution in [2.75, 3.05) is 0 Å². The Labute approximate surface area is 325 Å². The van der Waals surface area contributed by atoms with E-state index >= 15 is 0 Å². The van der Waals surface area contributed by atoms with Gasteiger partial charge in [-0.3, -0.25) is 5.32 Å². The van der Waals surface area contributed by atoms with Crippen molar-refractivity contribution in [2.24, 2.45) is 0 Å². The molecule has 4 nitrogen and oxygen atoms in total. The highest BCUT2D eigenvalue weighted by Crippen LogP contribution is 2.41. The van der Waals surface area contributed by atoms with E-state index in [4.69, 9.17) is 4.42 Å². The predicted octanol–water partition coefficient (Wildman–Crippen LogP) is 12.9. The van der Waals surface area contributed by atoms with Gasteiger partial charge in [0.05, 0.1) is 17.1 Å². The number of nitrogens with one attached hydrogen (secondary N) is 2. The Morgan fingerprint density at radius 3 is 2.09 bits per heavy atom. The molecule has 4 heteroatoms. The van der Waals surface area contributed by atoms with Gasteiger partial charge in [-0.1, -0.05) is 140 Å². The second kappa shape index (κ2) is 13.5. The number of allylic oxidation sites excluding steroid dienone is 4. The Hall–Kier alpha value is -6.88. The van der Waals surface area contributed by atoms with E-state index in [9.17, 15) is 0 Å². The number of hydrogen-bond acceptors (Lipinski definition) is 3. The lowest BCUT2D eigenvalue weighted by molar-refractivity contribution is 0.445. The van der Waals surface area contributed by atoms with Crippen molar-refractivity contribution in [3.8, 4) is 16.8 Å². The van der Waals surface area contributed by atoms with Crippen LogP contribution in [0.5, 0.6) is 0 Å². The summed E-state index contributed by atoms with van der Waals surface area (Å²) in [6.45, 7) is 0. The number of rotatable bonds is 6. The Balaban J connectivity index is 1.04. The Morgan fingerprint density at radius 1 is 0.554 bits per heavy atom. The van der Waals surface area contributed by atoms with Crippen molar-refractivity contribution < 1.29 is 4.42 Å². The van der Waals surface area contributed by atoms with Gasteiger partial charge in [0, 0.05) is 50.5 Å². The lowest BCUT2D eigenvalue weighted by atomic mass is 9.91. The molecule has 0 radical (unpaired) electrons. The van der Waals surface area contributed by atoms with Crippen LogP contribution >= 0.6 is 0 Å². The molecule has 1 aliphatic heterocycles. The summed E-state index contributed by atoms with van der Waals surface area (Å²) >= 11 is 0. The fraction of sp³-hybridized carbons (Fsp3) is 0.0769. The number of furan rings is 1. The summed E-state index contributed by atoms with van der Waals surface area (Å²) in [5.41, 5.74) is 13.6. The van der Waals surface area contributed by atoms with Crippen LogP contribution in [0, 0.1) is 0 Å². The van der Waals surface area contributed by atoms with Crippen LogP contribution in [0.1, 0.15) is 46.8 Å². The third-order valence-electron chi connectivity index (χ3n) is 11.6. The number of fused-ring (bicyclic) bond motifs is 6. The van der Waals surface area contributed by atoms with E-state index < -0.39 is 0 Å². The van der Waals surface area contributed by atoms with Crippen LogP contribution in [-0.2, 0) is 0 Å². The van der Waals surface area contributed by atoms with Crippen LogP contribution in [0.15, 0.2) is 199 Å². The van der Waals surface area contributed by atoms with E-state index in [2.05, 4.69) is 209 Å². The first-order valence-corrected chi connectivity index (χ1v) is 19.5. The topological polar surface area (TPSA) is 42.1 Å². The minimum atomic E-state index is -0.149. The maximum atomic E-state index is 6.75. The lowest BCUT2D eigenvalue weighted by Crippen LogP contribution is -2.39. The molecule has 3 unspecified atom stereocenters. The summed E-state index contributed by atoms with van der Waals surface area (Å²) in [5.74, 6) is 0.372. The largest absolute Gasteiger partial charge is 0.456 e. The van der Waals surface area contributed by atoms with Gasteiger partial charge in [0.15, 0.2) is 0 Å². The highest BCUT2D eigenvalue weighted by molar-refractivity contribution is 6.12. The maximum Gasteiger partial charge on any atom is 0.137 e. The van der Waals surface area contributed by atoms with E-state index in [1.165, 1.54) is 44.1 Å². The molecule has 56 heavy (non-hydrogen) atoms. The molecule has 0 bridgehead atoms. The van der Waals surface area contributed by atoms with Gasteiger partial charge in [-0.05, 0) is 82.8 Å². The number of benzene rings is 7. The van der Waals surface area contributed by atoms with Gasteiger partial charge in [0.2, 0.25) is 0 Å². The first-order valence-electron chi connectivity index (χ1n) is 19.5. The van der Waals surface area contributed by atoms with Crippen molar-refractivity contribution >= 4 is 49.4 Å². The molecule has 11 rings (SSSR count). The summed E-state index contributed by atoms with van der Waals surface area (Å²) < 4.78 is 9.15. The Bertz CT molecular complexity index is 3010. The van der Waals surface area contributed by atoms with Crippen molar-refractivity contribution in [1.82, 2.24) is 15.2 Å². The summed E-state index contributed by atoms with van der Waals surface area (Å²) in [4.78, 5) is 0. The molecule has 2 aliphatic rings. The van der Waals surface area contributed by atoms with Crippen LogP contribution in [-0.4, -0.2) is 4.57 Å². The SMILES string of the molecule is C1=CCC(c2ccc3c(c2)c2cc(-c4ccccc4)ccc2n3-c2ccc3c(c2)oc2cccc(C4NC(c5ccccc5)=CC(c5ccccc5)N4)c23)C=C1. The van der Waals surface area contributed by atoms with Crippen LogP contribution in [0.2, 0.25) is 0 Å². The third-order valence-corrected chi connectivity index (χ3v) is 11.6. The second-order valence-electron chi connectivity index (χ2n) is 14.9. The molecule has 9 aromatic rings. The monoisotopic (exact) mass is 721 g/mol. The minimum absolute atomic E-state index is 0.0292. The highest BCUT2D eigenvalue weighted by atomic mass is 16.3. The van der Waals surface area contributed by atoms with Crippen molar-refractivity contribution in [3.63, 3.8) is 0 Å². The molecule has 2 aromatic heterocycles. The fourth-order valence-electron chi connectivity index (χ4n) is 8.87. The molecule has 0 spiro atoms. The molecule has 268 valence electrons. The van der Waals surface area contributed by atoms with Gasteiger partial charge in [0.1, 0.15) is 17.3 Å². The quantitative estimate of drug-likeness (QED) is 0.180. The highest BCUT2D eigenvalue weighted by Gasteiger charge is 2.27. The van der Waals surface area contributed by atoms with E-state index in [1.807, 2.05) is 0 Å². The maximum absolute atomic E-state index is 6.75. The molecular formula is C52H39N3O. The Morgan fingerprint density at radius 2 is 1.30 bits per heavy atom.